The van der Waals surface area contributed by atoms with Gasteiger partial charge in [0.05, 0.1) is 0 Å². The molecule has 1 fully saturated rings. The van der Waals surface area contributed by atoms with Gasteiger partial charge in [0.15, 0.2) is 0 Å². The van der Waals surface area contributed by atoms with Gasteiger partial charge in [0, 0.05) is 36.3 Å². The number of hydrogen-bond donors (Lipinski definition) is 2. The van der Waals surface area contributed by atoms with Gasteiger partial charge in [0.25, 0.3) is 5.56 Å². The van der Waals surface area contributed by atoms with Crippen molar-refractivity contribution in [2.24, 2.45) is 0 Å². The van der Waals surface area contributed by atoms with E-state index in [4.69, 9.17) is 0 Å². The van der Waals surface area contributed by atoms with Crippen LogP contribution in [0.3, 0.4) is 0 Å². The molecule has 3 heterocycles. The van der Waals surface area contributed by atoms with Crippen molar-refractivity contribution in [3.8, 4) is 0 Å². The maximum Gasteiger partial charge on any atom is 0.252 e. The molecule has 26 heavy (non-hydrogen) atoms. The van der Waals surface area contributed by atoms with Gasteiger partial charge in [-0.15, -0.1) is 0 Å². The number of hydrogen-bond acceptors (Lipinski definition) is 3. The Kier molecular flexibility index (Phi) is 3.80. The molecular formula is C22H27N3O. The summed E-state index contributed by atoms with van der Waals surface area (Å²) >= 11 is 0. The zero-order valence-electron chi connectivity index (χ0n) is 15.3. The molecule has 0 bridgehead atoms. The number of piperidine rings is 1. The molecule has 1 aromatic carbocycles. The van der Waals surface area contributed by atoms with Crippen molar-refractivity contribution in [3.63, 3.8) is 0 Å². The Morgan fingerprint density at radius 3 is 2.69 bits per heavy atom. The Morgan fingerprint density at radius 2 is 1.81 bits per heavy atom. The van der Waals surface area contributed by atoms with Crippen LogP contribution in [-0.4, -0.2) is 24.6 Å². The Bertz CT molecular complexity index is 877. The Morgan fingerprint density at radius 1 is 1.00 bits per heavy atom. The average Bonchev–Trinajstić information content (AvgIpc) is 2.69. The Balaban J connectivity index is 1.40. The summed E-state index contributed by atoms with van der Waals surface area (Å²) in [5.41, 5.74) is 5.56. The van der Waals surface area contributed by atoms with Gasteiger partial charge in [-0.1, -0.05) is 18.2 Å². The third kappa shape index (κ3) is 2.54. The summed E-state index contributed by atoms with van der Waals surface area (Å²) in [5, 5.41) is 3.56. The fourth-order valence-electron chi connectivity index (χ4n) is 5.28. The topological polar surface area (TPSA) is 48.1 Å². The molecule has 0 saturated carbocycles. The van der Waals surface area contributed by atoms with Crippen LogP contribution in [0.5, 0.6) is 0 Å². The van der Waals surface area contributed by atoms with Crippen LogP contribution in [0.25, 0.3) is 0 Å². The van der Waals surface area contributed by atoms with E-state index in [1.54, 1.807) is 0 Å². The molecule has 0 atom stereocenters. The van der Waals surface area contributed by atoms with Crippen LogP contribution < -0.4 is 15.8 Å². The fourth-order valence-corrected chi connectivity index (χ4v) is 5.28. The van der Waals surface area contributed by atoms with E-state index in [-0.39, 0.29) is 5.56 Å². The van der Waals surface area contributed by atoms with Gasteiger partial charge in [-0.3, -0.25) is 4.79 Å². The molecule has 1 aromatic heterocycles. The van der Waals surface area contributed by atoms with Crippen LogP contribution in [0.1, 0.15) is 48.8 Å². The predicted molar refractivity (Wildman–Crippen MR) is 106 cm³/mol. The second-order valence-electron chi connectivity index (χ2n) is 8.18. The first kappa shape index (κ1) is 16.0. The molecular weight excluding hydrogens is 322 g/mol. The summed E-state index contributed by atoms with van der Waals surface area (Å²) in [5.74, 6) is 1.03. The molecule has 2 aliphatic heterocycles. The number of anilines is 2. The van der Waals surface area contributed by atoms with Gasteiger partial charge in [0.1, 0.15) is 5.82 Å². The monoisotopic (exact) mass is 349 g/mol. The molecule has 4 nitrogen and oxygen atoms in total. The van der Waals surface area contributed by atoms with Gasteiger partial charge in [-0.25, -0.2) is 0 Å². The lowest BCUT2D eigenvalue weighted by molar-refractivity contribution is 0.309. The van der Waals surface area contributed by atoms with E-state index in [2.05, 4.69) is 45.5 Å². The number of para-hydroxylation sites is 1. The molecule has 0 amide bonds. The SMILES string of the molecule is O=c1[nH]c(N2CCC3(CCNc4ccccc43)CC2)cc2c1CCCC2. The standard InChI is InChI=1S/C22H27N3O/c26-21-17-6-2-1-5-16(17)15-20(24-21)25-13-10-22(11-14-25)9-12-23-19-8-4-3-7-18(19)22/h3-4,7-8,15,23H,1-2,5-6,9-14H2,(H,24,26). The normalized spacial score (nSPS) is 21.0. The lowest BCUT2D eigenvalue weighted by Gasteiger charge is -2.46. The molecule has 2 aromatic rings. The first-order chi connectivity index (χ1) is 12.8. The summed E-state index contributed by atoms with van der Waals surface area (Å²) in [6, 6.07) is 11.1. The van der Waals surface area contributed by atoms with Gasteiger partial charge in [0.2, 0.25) is 0 Å². The first-order valence-electron chi connectivity index (χ1n) is 10.1. The summed E-state index contributed by atoms with van der Waals surface area (Å²) in [7, 11) is 0. The molecule has 3 aliphatic rings. The quantitative estimate of drug-likeness (QED) is 0.827. The maximum atomic E-state index is 12.5. The number of aromatic amines is 1. The number of nitrogens with one attached hydrogen (secondary N) is 2. The van der Waals surface area contributed by atoms with E-state index < -0.39 is 0 Å². The van der Waals surface area contributed by atoms with Gasteiger partial charge in [-0.05, 0) is 68.2 Å². The minimum Gasteiger partial charge on any atom is -0.385 e. The number of aromatic nitrogens is 1. The van der Waals surface area contributed by atoms with E-state index >= 15 is 0 Å². The molecule has 4 heteroatoms. The highest BCUT2D eigenvalue weighted by molar-refractivity contribution is 5.58. The van der Waals surface area contributed by atoms with Gasteiger partial charge < -0.3 is 15.2 Å². The largest absolute Gasteiger partial charge is 0.385 e. The highest BCUT2D eigenvalue weighted by atomic mass is 16.1. The predicted octanol–water partition coefficient (Wildman–Crippen LogP) is 3.61. The van der Waals surface area contributed by atoms with Crippen LogP contribution in [0, 0.1) is 0 Å². The van der Waals surface area contributed by atoms with Gasteiger partial charge in [-0.2, -0.15) is 0 Å². The molecule has 0 unspecified atom stereocenters. The number of rotatable bonds is 1. The summed E-state index contributed by atoms with van der Waals surface area (Å²) in [4.78, 5) is 18.1. The van der Waals surface area contributed by atoms with E-state index in [0.29, 0.717) is 5.41 Å². The number of aryl methyl sites for hydroxylation is 1. The number of H-pyrrole nitrogens is 1. The van der Waals surface area contributed by atoms with Crippen LogP contribution >= 0.6 is 0 Å². The van der Waals surface area contributed by atoms with E-state index in [1.165, 1.54) is 29.7 Å². The molecule has 136 valence electrons. The van der Waals surface area contributed by atoms with Gasteiger partial charge >= 0.3 is 0 Å². The van der Waals surface area contributed by atoms with Crippen LogP contribution in [-0.2, 0) is 18.3 Å². The smallest absolute Gasteiger partial charge is 0.252 e. The fraction of sp³-hybridized carbons (Fsp3) is 0.500. The molecule has 5 rings (SSSR count). The summed E-state index contributed by atoms with van der Waals surface area (Å²) in [6.07, 6.45) is 7.88. The number of fused-ring (bicyclic) bond motifs is 3. The zero-order valence-corrected chi connectivity index (χ0v) is 15.3. The molecule has 1 saturated heterocycles. The minimum atomic E-state index is 0.143. The zero-order chi connectivity index (χ0) is 17.6. The highest BCUT2D eigenvalue weighted by Gasteiger charge is 2.39. The minimum absolute atomic E-state index is 0.143. The number of benzene rings is 1. The van der Waals surface area contributed by atoms with Crippen LogP contribution in [0.2, 0.25) is 0 Å². The van der Waals surface area contributed by atoms with Crippen LogP contribution in [0.15, 0.2) is 35.1 Å². The average molecular weight is 349 g/mol. The van der Waals surface area contributed by atoms with Crippen molar-refractivity contribution in [1.82, 2.24) is 4.98 Å². The van der Waals surface area contributed by atoms with E-state index in [9.17, 15) is 4.79 Å². The highest BCUT2D eigenvalue weighted by Crippen LogP contribution is 2.44. The number of pyridine rings is 1. The summed E-state index contributed by atoms with van der Waals surface area (Å²) < 4.78 is 0. The summed E-state index contributed by atoms with van der Waals surface area (Å²) in [6.45, 7) is 3.10. The third-order valence-electron chi connectivity index (χ3n) is 6.82. The van der Waals surface area contributed by atoms with Crippen molar-refractivity contribution >= 4 is 11.5 Å². The molecule has 2 N–H and O–H groups in total. The van der Waals surface area contributed by atoms with Crippen molar-refractivity contribution in [2.75, 3.05) is 29.9 Å². The lowest BCUT2D eigenvalue weighted by Crippen LogP contribution is -2.46. The second-order valence-corrected chi connectivity index (χ2v) is 8.18. The van der Waals surface area contributed by atoms with Crippen molar-refractivity contribution in [2.45, 2.75) is 50.4 Å². The maximum absolute atomic E-state index is 12.5. The van der Waals surface area contributed by atoms with Crippen molar-refractivity contribution < 1.29 is 0 Å². The molecule has 0 radical (unpaired) electrons. The lowest BCUT2D eigenvalue weighted by atomic mass is 9.68. The molecule has 1 aliphatic carbocycles. The third-order valence-corrected chi connectivity index (χ3v) is 6.82. The Hall–Kier alpha value is -2.23. The van der Waals surface area contributed by atoms with E-state index in [1.807, 2.05) is 0 Å². The van der Waals surface area contributed by atoms with E-state index in [0.717, 1.165) is 63.1 Å². The molecule has 1 spiro atoms. The Labute approximate surface area is 154 Å². The van der Waals surface area contributed by atoms with Crippen molar-refractivity contribution in [1.29, 1.82) is 0 Å². The van der Waals surface area contributed by atoms with Crippen LogP contribution in [0.4, 0.5) is 11.5 Å². The van der Waals surface area contributed by atoms with Crippen molar-refractivity contribution in [3.05, 3.63) is 57.4 Å². The number of nitrogens with zero attached hydrogens (tertiary/aromatic N) is 1. The first-order valence-corrected chi connectivity index (χ1v) is 10.1. The second kappa shape index (κ2) is 6.19.